The molecule has 1 aliphatic rings. The molecule has 0 amide bonds. The van der Waals surface area contributed by atoms with E-state index in [1.165, 1.54) is 0 Å². The Balaban J connectivity index is 1.97. The molecule has 2 unspecified atom stereocenters. The Morgan fingerprint density at radius 2 is 2.11 bits per heavy atom. The summed E-state index contributed by atoms with van der Waals surface area (Å²) in [5, 5.41) is 6.80. The van der Waals surface area contributed by atoms with Crippen LogP contribution in [0.15, 0.2) is 6.07 Å². The fourth-order valence-corrected chi connectivity index (χ4v) is 2.48. The van der Waals surface area contributed by atoms with E-state index in [9.17, 15) is 0 Å². The van der Waals surface area contributed by atoms with Crippen molar-refractivity contribution in [3.05, 3.63) is 11.9 Å². The number of rotatable bonds is 6. The summed E-state index contributed by atoms with van der Waals surface area (Å²) in [5.41, 5.74) is 0. The Labute approximate surface area is 115 Å². The van der Waals surface area contributed by atoms with Gasteiger partial charge in [-0.25, -0.2) is 9.97 Å². The summed E-state index contributed by atoms with van der Waals surface area (Å²) in [4.78, 5) is 8.84. The molecule has 19 heavy (non-hydrogen) atoms. The van der Waals surface area contributed by atoms with Gasteiger partial charge in [0.2, 0.25) is 0 Å². The Bertz CT molecular complexity index is 410. The van der Waals surface area contributed by atoms with Gasteiger partial charge in [0.05, 0.1) is 6.10 Å². The van der Waals surface area contributed by atoms with Gasteiger partial charge in [0, 0.05) is 25.8 Å². The molecule has 0 radical (unpaired) electrons. The van der Waals surface area contributed by atoms with E-state index in [-0.39, 0.29) is 0 Å². The monoisotopic (exact) mass is 264 g/mol. The smallest absolute Gasteiger partial charge is 0.132 e. The largest absolute Gasteiger partial charge is 0.381 e. The maximum absolute atomic E-state index is 5.39. The lowest BCUT2D eigenvalue weighted by Crippen LogP contribution is -2.18. The van der Waals surface area contributed by atoms with Crippen molar-refractivity contribution in [1.82, 2.24) is 9.97 Å². The Kier molecular flexibility index (Phi) is 4.96. The van der Waals surface area contributed by atoms with Gasteiger partial charge in [-0.2, -0.15) is 0 Å². The van der Waals surface area contributed by atoms with Crippen LogP contribution in [0.5, 0.6) is 0 Å². The maximum Gasteiger partial charge on any atom is 0.132 e. The number of nitrogens with one attached hydrogen (secondary N) is 2. The molecule has 0 bridgehead atoms. The summed E-state index contributed by atoms with van der Waals surface area (Å²) in [7, 11) is 1.79. The van der Waals surface area contributed by atoms with Crippen LogP contribution in [0.2, 0.25) is 0 Å². The van der Waals surface area contributed by atoms with Crippen molar-refractivity contribution < 1.29 is 4.74 Å². The average molecular weight is 264 g/mol. The molecule has 5 nitrogen and oxygen atoms in total. The highest BCUT2D eigenvalue weighted by atomic mass is 16.5. The molecule has 5 heteroatoms. The molecule has 0 aliphatic heterocycles. The van der Waals surface area contributed by atoms with Crippen molar-refractivity contribution in [2.24, 2.45) is 0 Å². The predicted octanol–water partition coefficient (Wildman–Crippen LogP) is 2.59. The molecular weight excluding hydrogens is 240 g/mol. The number of ether oxygens (including phenoxy) is 1. The van der Waals surface area contributed by atoms with E-state index in [4.69, 9.17) is 4.74 Å². The second kappa shape index (κ2) is 6.70. The van der Waals surface area contributed by atoms with E-state index in [1.807, 2.05) is 13.0 Å². The van der Waals surface area contributed by atoms with Gasteiger partial charge in [-0.3, -0.25) is 0 Å². The van der Waals surface area contributed by atoms with Gasteiger partial charge >= 0.3 is 0 Å². The maximum atomic E-state index is 5.39. The van der Waals surface area contributed by atoms with Crippen molar-refractivity contribution in [2.75, 3.05) is 24.3 Å². The third-order valence-electron chi connectivity index (χ3n) is 3.46. The predicted molar refractivity (Wildman–Crippen MR) is 77.6 cm³/mol. The SMILES string of the molecule is CCCNc1cc(NC2CCC(OC)C2)nc(C)n1. The van der Waals surface area contributed by atoms with Crippen molar-refractivity contribution in [3.63, 3.8) is 0 Å². The molecule has 1 fully saturated rings. The van der Waals surface area contributed by atoms with Crippen LogP contribution in [0.3, 0.4) is 0 Å². The number of nitrogens with zero attached hydrogens (tertiary/aromatic N) is 2. The van der Waals surface area contributed by atoms with Gasteiger partial charge < -0.3 is 15.4 Å². The average Bonchev–Trinajstić information content (AvgIpc) is 2.83. The first-order valence-corrected chi connectivity index (χ1v) is 7.10. The second-order valence-electron chi connectivity index (χ2n) is 5.12. The lowest BCUT2D eigenvalue weighted by molar-refractivity contribution is 0.108. The fraction of sp³-hybridized carbons (Fsp3) is 0.714. The molecule has 1 aromatic rings. The molecule has 2 rings (SSSR count). The van der Waals surface area contributed by atoms with E-state index < -0.39 is 0 Å². The summed E-state index contributed by atoms with van der Waals surface area (Å²) in [6.07, 6.45) is 4.79. The topological polar surface area (TPSA) is 59.1 Å². The molecule has 106 valence electrons. The van der Waals surface area contributed by atoms with Crippen molar-refractivity contribution in [3.8, 4) is 0 Å². The van der Waals surface area contributed by atoms with E-state index in [0.717, 1.165) is 49.7 Å². The highest BCUT2D eigenvalue weighted by Gasteiger charge is 2.24. The molecule has 1 heterocycles. The summed E-state index contributed by atoms with van der Waals surface area (Å²) in [6, 6.07) is 2.45. The van der Waals surface area contributed by atoms with Gasteiger partial charge in [-0.1, -0.05) is 6.92 Å². The van der Waals surface area contributed by atoms with Crippen LogP contribution in [0.4, 0.5) is 11.6 Å². The summed E-state index contributed by atoms with van der Waals surface area (Å²) >= 11 is 0. The van der Waals surface area contributed by atoms with Gasteiger partial charge in [0.1, 0.15) is 17.5 Å². The number of aryl methyl sites for hydroxylation is 1. The quantitative estimate of drug-likeness (QED) is 0.827. The number of hydrogen-bond acceptors (Lipinski definition) is 5. The Morgan fingerprint density at radius 3 is 2.79 bits per heavy atom. The summed E-state index contributed by atoms with van der Waals surface area (Å²) < 4.78 is 5.39. The molecule has 2 N–H and O–H groups in total. The lowest BCUT2D eigenvalue weighted by Gasteiger charge is -2.15. The Morgan fingerprint density at radius 1 is 1.32 bits per heavy atom. The zero-order chi connectivity index (χ0) is 13.7. The van der Waals surface area contributed by atoms with Crippen LogP contribution < -0.4 is 10.6 Å². The first kappa shape index (κ1) is 14.1. The zero-order valence-corrected chi connectivity index (χ0v) is 12.1. The van der Waals surface area contributed by atoms with Crippen molar-refractivity contribution in [1.29, 1.82) is 0 Å². The summed E-state index contributed by atoms with van der Waals surface area (Å²) in [6.45, 7) is 5.00. The number of anilines is 2. The van der Waals surface area contributed by atoms with Crippen LogP contribution >= 0.6 is 0 Å². The molecule has 0 aromatic carbocycles. The molecule has 0 spiro atoms. The third kappa shape index (κ3) is 4.06. The normalized spacial score (nSPS) is 22.5. The molecule has 1 aromatic heterocycles. The Hall–Kier alpha value is -1.36. The van der Waals surface area contributed by atoms with E-state index >= 15 is 0 Å². The van der Waals surface area contributed by atoms with Crippen LogP contribution in [-0.4, -0.2) is 35.8 Å². The second-order valence-corrected chi connectivity index (χ2v) is 5.12. The van der Waals surface area contributed by atoms with Crippen LogP contribution in [-0.2, 0) is 4.74 Å². The van der Waals surface area contributed by atoms with E-state index in [1.54, 1.807) is 7.11 Å². The van der Waals surface area contributed by atoms with Gasteiger partial charge in [0.25, 0.3) is 0 Å². The van der Waals surface area contributed by atoms with E-state index in [2.05, 4.69) is 27.5 Å². The highest BCUT2D eigenvalue weighted by molar-refractivity contribution is 5.48. The highest BCUT2D eigenvalue weighted by Crippen LogP contribution is 2.24. The van der Waals surface area contributed by atoms with Gasteiger partial charge in [0.15, 0.2) is 0 Å². The van der Waals surface area contributed by atoms with Crippen LogP contribution in [0.1, 0.15) is 38.4 Å². The first-order chi connectivity index (χ1) is 9.21. The van der Waals surface area contributed by atoms with Crippen molar-refractivity contribution in [2.45, 2.75) is 51.7 Å². The molecule has 0 saturated heterocycles. The first-order valence-electron chi connectivity index (χ1n) is 7.10. The third-order valence-corrected chi connectivity index (χ3v) is 3.46. The lowest BCUT2D eigenvalue weighted by atomic mass is 10.2. The minimum absolute atomic E-state index is 0.387. The van der Waals surface area contributed by atoms with Gasteiger partial charge in [-0.05, 0) is 32.6 Å². The molecular formula is C14H24N4O. The fourth-order valence-electron chi connectivity index (χ4n) is 2.48. The van der Waals surface area contributed by atoms with Crippen molar-refractivity contribution >= 4 is 11.6 Å². The summed E-state index contributed by atoms with van der Waals surface area (Å²) in [5.74, 6) is 2.61. The number of hydrogen-bond donors (Lipinski definition) is 2. The van der Waals surface area contributed by atoms with Crippen LogP contribution in [0, 0.1) is 6.92 Å². The minimum atomic E-state index is 0.387. The zero-order valence-electron chi connectivity index (χ0n) is 12.1. The number of methoxy groups -OCH3 is 1. The minimum Gasteiger partial charge on any atom is -0.381 e. The van der Waals surface area contributed by atoms with Gasteiger partial charge in [-0.15, -0.1) is 0 Å². The molecule has 2 atom stereocenters. The standard InChI is InChI=1S/C14H24N4O/c1-4-7-15-13-9-14(17-10(2)16-13)18-11-5-6-12(8-11)19-3/h9,11-12H,4-8H2,1-3H3,(H2,15,16,17,18). The molecule has 1 saturated carbocycles. The van der Waals surface area contributed by atoms with Crippen LogP contribution in [0.25, 0.3) is 0 Å². The number of aromatic nitrogens is 2. The van der Waals surface area contributed by atoms with E-state index in [0.29, 0.717) is 12.1 Å². The molecule has 1 aliphatic carbocycles.